The number of thiophene rings is 1. The molecule has 5 nitrogen and oxygen atoms in total. The predicted molar refractivity (Wildman–Crippen MR) is 263 cm³/mol. The number of nitrogens with zero attached hydrogens (tertiary/aromatic N) is 5. The van der Waals surface area contributed by atoms with Crippen LogP contribution in [-0.4, -0.2) is 24.1 Å². The Kier molecular flexibility index (Phi) is 8.01. The van der Waals surface area contributed by atoms with Gasteiger partial charge in [-0.2, -0.15) is 0 Å². The van der Waals surface area contributed by atoms with Crippen LogP contribution in [0.2, 0.25) is 0 Å². The topological polar surface area (TPSA) is 48.5 Å². The van der Waals surface area contributed by atoms with Crippen LogP contribution < -0.4 is 0 Å². The van der Waals surface area contributed by atoms with Crippen molar-refractivity contribution in [1.82, 2.24) is 24.1 Å². The Bertz CT molecular complexity index is 3830. The average Bonchev–Trinajstić information content (AvgIpc) is 4.02. The zero-order chi connectivity index (χ0) is 41.4. The molecule has 0 aliphatic heterocycles. The SMILES string of the molecule is c1ccc(-c2nc(-c3ccccc3)nc(-c3cccc4sc5ccc(-c6ccc7c(c6)c6c(ccc8c9ccccc9n(-c9ccccc9)c86)n7-c6ccccc6)cc5c34)n2)cc1. The van der Waals surface area contributed by atoms with Crippen molar-refractivity contribution in [3.63, 3.8) is 0 Å². The van der Waals surface area contributed by atoms with Crippen LogP contribution in [0.5, 0.6) is 0 Å². The Morgan fingerprint density at radius 1 is 0.317 bits per heavy atom. The lowest BCUT2D eigenvalue weighted by atomic mass is 9.98. The quantitative estimate of drug-likeness (QED) is 0.168. The summed E-state index contributed by atoms with van der Waals surface area (Å²) in [7, 11) is 0. The molecule has 63 heavy (non-hydrogen) atoms. The third kappa shape index (κ3) is 5.66. The maximum absolute atomic E-state index is 5.15. The molecule has 0 atom stereocenters. The van der Waals surface area contributed by atoms with Gasteiger partial charge in [0.1, 0.15) is 0 Å². The summed E-state index contributed by atoms with van der Waals surface area (Å²) < 4.78 is 7.29. The Balaban J connectivity index is 1.06. The molecule has 0 radical (unpaired) electrons. The Morgan fingerprint density at radius 3 is 1.57 bits per heavy atom. The largest absolute Gasteiger partial charge is 0.309 e. The first-order chi connectivity index (χ1) is 31.2. The molecule has 0 aliphatic carbocycles. The van der Waals surface area contributed by atoms with Gasteiger partial charge >= 0.3 is 0 Å². The molecule has 0 fully saturated rings. The van der Waals surface area contributed by atoms with Crippen LogP contribution in [0, 0.1) is 0 Å². The molecule has 0 aliphatic rings. The van der Waals surface area contributed by atoms with Crippen molar-refractivity contribution in [3.8, 4) is 56.7 Å². The minimum atomic E-state index is 0.653. The Labute approximate surface area is 366 Å². The highest BCUT2D eigenvalue weighted by molar-refractivity contribution is 7.26. The van der Waals surface area contributed by atoms with Gasteiger partial charge < -0.3 is 9.13 Å². The van der Waals surface area contributed by atoms with Crippen LogP contribution in [0.15, 0.2) is 212 Å². The van der Waals surface area contributed by atoms with Gasteiger partial charge in [-0.1, -0.05) is 146 Å². The van der Waals surface area contributed by atoms with E-state index in [4.69, 9.17) is 15.0 Å². The van der Waals surface area contributed by atoms with Gasteiger partial charge in [0.25, 0.3) is 0 Å². The molecule has 0 bridgehead atoms. The number of hydrogen-bond acceptors (Lipinski definition) is 4. The first-order valence-corrected chi connectivity index (χ1v) is 22.0. The number of hydrogen-bond donors (Lipinski definition) is 0. The number of aromatic nitrogens is 5. The van der Waals surface area contributed by atoms with E-state index in [0.29, 0.717) is 17.5 Å². The summed E-state index contributed by atoms with van der Waals surface area (Å²) in [4.78, 5) is 15.3. The molecule has 0 N–H and O–H groups in total. The Hall–Kier alpha value is -8.19. The fourth-order valence-corrected chi connectivity index (χ4v) is 10.7. The summed E-state index contributed by atoms with van der Waals surface area (Å²) in [5.41, 5.74) is 12.2. The lowest BCUT2D eigenvalue weighted by Gasteiger charge is -2.10. The number of benzene rings is 9. The second-order valence-corrected chi connectivity index (χ2v) is 17.1. The molecule has 13 aromatic rings. The highest BCUT2D eigenvalue weighted by atomic mass is 32.1. The third-order valence-electron chi connectivity index (χ3n) is 12.4. The highest BCUT2D eigenvalue weighted by Gasteiger charge is 2.22. The molecule has 0 saturated heterocycles. The standard InChI is InChI=1S/C57H35N5S/c1-5-16-36(17-6-1)55-58-56(37-18-7-2-8-19-37)60-57(59-55)44-25-15-27-51-52(44)46-35-39(29-33-50(46)63-51)38-28-31-48-45(34-38)53-49(61(48)40-20-9-3-10-21-40)32-30-43-42-24-13-14-26-47(42)62(54(43)53)41-22-11-4-12-23-41/h1-35H. The van der Waals surface area contributed by atoms with E-state index in [2.05, 4.69) is 185 Å². The molecule has 0 spiro atoms. The van der Waals surface area contributed by atoms with Crippen molar-refractivity contribution in [1.29, 1.82) is 0 Å². The van der Waals surface area contributed by atoms with Crippen molar-refractivity contribution in [3.05, 3.63) is 212 Å². The molecule has 6 heteroatoms. The van der Waals surface area contributed by atoms with Gasteiger partial charge in [0, 0.05) is 69.8 Å². The minimum absolute atomic E-state index is 0.653. The predicted octanol–water partition coefficient (Wildman–Crippen LogP) is 15.1. The van der Waals surface area contributed by atoms with E-state index >= 15 is 0 Å². The van der Waals surface area contributed by atoms with E-state index in [0.717, 1.165) is 44.6 Å². The van der Waals surface area contributed by atoms with E-state index in [1.807, 2.05) is 36.4 Å². The van der Waals surface area contributed by atoms with E-state index in [9.17, 15) is 0 Å². The lowest BCUT2D eigenvalue weighted by Crippen LogP contribution is -2.00. The van der Waals surface area contributed by atoms with Crippen LogP contribution in [-0.2, 0) is 0 Å². The molecule has 0 unspecified atom stereocenters. The van der Waals surface area contributed by atoms with Crippen LogP contribution in [0.4, 0.5) is 0 Å². The fourth-order valence-electron chi connectivity index (χ4n) is 9.56. The summed E-state index contributed by atoms with van der Waals surface area (Å²) >= 11 is 1.81. The molecule has 4 aromatic heterocycles. The molecule has 4 heterocycles. The maximum Gasteiger partial charge on any atom is 0.164 e. The van der Waals surface area contributed by atoms with Gasteiger partial charge in [-0.05, 0) is 77.9 Å². The number of para-hydroxylation sites is 3. The van der Waals surface area contributed by atoms with Crippen LogP contribution >= 0.6 is 11.3 Å². The Morgan fingerprint density at radius 2 is 0.873 bits per heavy atom. The summed E-state index contributed by atoms with van der Waals surface area (Å²) in [6.07, 6.45) is 0. The molecular formula is C57H35N5S. The second-order valence-electron chi connectivity index (χ2n) is 16.0. The van der Waals surface area contributed by atoms with Crippen LogP contribution in [0.3, 0.4) is 0 Å². The summed E-state index contributed by atoms with van der Waals surface area (Å²) in [6.45, 7) is 0. The average molecular weight is 822 g/mol. The van der Waals surface area contributed by atoms with Crippen molar-refractivity contribution in [2.24, 2.45) is 0 Å². The molecule has 9 aromatic carbocycles. The lowest BCUT2D eigenvalue weighted by molar-refractivity contribution is 1.08. The smallest absolute Gasteiger partial charge is 0.164 e. The summed E-state index contributed by atoms with van der Waals surface area (Å²) in [5.74, 6) is 1.96. The van der Waals surface area contributed by atoms with E-state index in [1.165, 1.54) is 58.4 Å². The molecule has 13 rings (SSSR count). The summed E-state index contributed by atoms with van der Waals surface area (Å²) in [6, 6.07) is 75.7. The monoisotopic (exact) mass is 821 g/mol. The normalized spacial score (nSPS) is 11.8. The van der Waals surface area contributed by atoms with Gasteiger partial charge in [0.2, 0.25) is 0 Å². The van der Waals surface area contributed by atoms with Crippen molar-refractivity contribution < 1.29 is 0 Å². The molecule has 0 saturated carbocycles. The molecular weight excluding hydrogens is 787 g/mol. The van der Waals surface area contributed by atoms with Gasteiger partial charge in [0.15, 0.2) is 17.5 Å². The van der Waals surface area contributed by atoms with Crippen LogP contribution in [0.1, 0.15) is 0 Å². The highest BCUT2D eigenvalue weighted by Crippen LogP contribution is 2.45. The maximum atomic E-state index is 5.15. The third-order valence-corrected chi connectivity index (χ3v) is 13.5. The summed E-state index contributed by atoms with van der Waals surface area (Å²) in [5, 5.41) is 7.26. The van der Waals surface area contributed by atoms with Crippen molar-refractivity contribution in [2.45, 2.75) is 0 Å². The van der Waals surface area contributed by atoms with Gasteiger partial charge in [0.05, 0.1) is 22.1 Å². The number of fused-ring (bicyclic) bond motifs is 10. The van der Waals surface area contributed by atoms with Crippen molar-refractivity contribution in [2.75, 3.05) is 0 Å². The van der Waals surface area contributed by atoms with E-state index < -0.39 is 0 Å². The zero-order valence-electron chi connectivity index (χ0n) is 33.9. The van der Waals surface area contributed by atoms with Gasteiger partial charge in [-0.15, -0.1) is 11.3 Å². The van der Waals surface area contributed by atoms with Crippen molar-refractivity contribution >= 4 is 75.1 Å². The molecule has 294 valence electrons. The first kappa shape index (κ1) is 35.6. The fraction of sp³-hybridized carbons (Fsp3) is 0. The minimum Gasteiger partial charge on any atom is -0.309 e. The van der Waals surface area contributed by atoms with E-state index in [-0.39, 0.29) is 0 Å². The van der Waals surface area contributed by atoms with Gasteiger partial charge in [-0.3, -0.25) is 0 Å². The zero-order valence-corrected chi connectivity index (χ0v) is 34.7. The number of rotatable bonds is 6. The first-order valence-electron chi connectivity index (χ1n) is 21.2. The second kappa shape index (κ2) is 14.2. The van der Waals surface area contributed by atoms with Crippen LogP contribution in [0.25, 0.3) is 120 Å². The molecule has 0 amide bonds. The van der Waals surface area contributed by atoms with Gasteiger partial charge in [-0.25, -0.2) is 15.0 Å². The van der Waals surface area contributed by atoms with E-state index in [1.54, 1.807) is 11.3 Å².